The van der Waals surface area contributed by atoms with Gasteiger partial charge in [-0.15, -0.1) is 0 Å². The van der Waals surface area contributed by atoms with Crippen molar-refractivity contribution in [2.75, 3.05) is 17.7 Å². The Labute approximate surface area is 100 Å². The smallest absolute Gasteiger partial charge is 0.354 e. The van der Waals surface area contributed by atoms with Gasteiger partial charge in [-0.1, -0.05) is 0 Å². The van der Waals surface area contributed by atoms with Crippen molar-refractivity contribution in [2.45, 2.75) is 25.8 Å². The first-order valence-electron chi connectivity index (χ1n) is 5.73. The number of nitrogens with two attached hydrogens (primary N) is 1. The van der Waals surface area contributed by atoms with Crippen LogP contribution in [0.15, 0.2) is 12.1 Å². The standard InChI is InChI=1S/C12H17N3O2/c1-7(8-3-4-8)15(2)11-9(13)5-6-10(14-11)12(16)17/h5-8H,3-4,13H2,1-2H3,(H,16,17). The van der Waals surface area contributed by atoms with Crippen molar-refractivity contribution in [1.29, 1.82) is 0 Å². The lowest BCUT2D eigenvalue weighted by Gasteiger charge is -2.27. The number of aromatic carboxylic acids is 1. The molecule has 1 aromatic heterocycles. The molecule has 2 rings (SSSR count). The van der Waals surface area contributed by atoms with Crippen LogP contribution < -0.4 is 10.6 Å². The average molecular weight is 235 g/mol. The second kappa shape index (κ2) is 4.24. The highest BCUT2D eigenvalue weighted by atomic mass is 16.4. The number of carbonyl (C=O) groups is 1. The molecular weight excluding hydrogens is 218 g/mol. The maximum atomic E-state index is 10.9. The lowest BCUT2D eigenvalue weighted by atomic mass is 10.2. The minimum atomic E-state index is -1.03. The van der Waals surface area contributed by atoms with Crippen LogP contribution in [0.3, 0.4) is 0 Å². The molecule has 1 aromatic rings. The summed E-state index contributed by atoms with van der Waals surface area (Å²) in [5.41, 5.74) is 6.40. The van der Waals surface area contributed by atoms with E-state index in [0.717, 1.165) is 0 Å². The van der Waals surface area contributed by atoms with Crippen LogP contribution in [0.4, 0.5) is 11.5 Å². The van der Waals surface area contributed by atoms with E-state index in [1.54, 1.807) is 6.07 Å². The van der Waals surface area contributed by atoms with E-state index >= 15 is 0 Å². The lowest BCUT2D eigenvalue weighted by Crippen LogP contribution is -2.32. The summed E-state index contributed by atoms with van der Waals surface area (Å²) in [6, 6.07) is 3.37. The van der Waals surface area contributed by atoms with Gasteiger partial charge in [0.25, 0.3) is 0 Å². The Balaban J connectivity index is 2.29. The first-order chi connectivity index (χ1) is 8.00. The van der Waals surface area contributed by atoms with Gasteiger partial charge in [0.15, 0.2) is 11.5 Å². The van der Waals surface area contributed by atoms with Gasteiger partial charge in [0.05, 0.1) is 5.69 Å². The fourth-order valence-corrected chi connectivity index (χ4v) is 1.95. The average Bonchev–Trinajstić information content (AvgIpc) is 3.11. The molecule has 0 aromatic carbocycles. The normalized spacial score (nSPS) is 16.6. The molecule has 17 heavy (non-hydrogen) atoms. The van der Waals surface area contributed by atoms with Crippen LogP contribution in [-0.4, -0.2) is 29.1 Å². The minimum Gasteiger partial charge on any atom is -0.477 e. The predicted molar refractivity (Wildman–Crippen MR) is 66.2 cm³/mol. The van der Waals surface area contributed by atoms with Gasteiger partial charge in [-0.2, -0.15) is 0 Å². The van der Waals surface area contributed by atoms with Crippen LogP contribution in [0.2, 0.25) is 0 Å². The number of nitrogens with zero attached hydrogens (tertiary/aromatic N) is 2. The number of aromatic nitrogens is 1. The largest absolute Gasteiger partial charge is 0.477 e. The number of pyridine rings is 1. The van der Waals surface area contributed by atoms with Gasteiger partial charge < -0.3 is 15.7 Å². The summed E-state index contributed by atoms with van der Waals surface area (Å²) in [6.45, 7) is 2.12. The molecule has 0 aliphatic heterocycles. The molecule has 5 nitrogen and oxygen atoms in total. The molecule has 1 aliphatic rings. The zero-order chi connectivity index (χ0) is 12.6. The first kappa shape index (κ1) is 11.7. The summed E-state index contributed by atoms with van der Waals surface area (Å²) in [7, 11) is 1.91. The van der Waals surface area contributed by atoms with Crippen LogP contribution in [0.5, 0.6) is 0 Å². The number of hydrogen-bond acceptors (Lipinski definition) is 4. The molecule has 0 bridgehead atoms. The van der Waals surface area contributed by atoms with Gasteiger partial charge in [-0.05, 0) is 37.8 Å². The predicted octanol–water partition coefficient (Wildman–Crippen LogP) is 1.60. The number of nitrogen functional groups attached to an aromatic ring is 1. The third-order valence-electron chi connectivity index (χ3n) is 3.37. The molecule has 0 saturated heterocycles. The Kier molecular flexibility index (Phi) is 2.92. The van der Waals surface area contributed by atoms with E-state index in [4.69, 9.17) is 10.8 Å². The molecule has 1 saturated carbocycles. The maximum absolute atomic E-state index is 10.9. The van der Waals surface area contributed by atoms with Gasteiger partial charge in [0, 0.05) is 13.1 Å². The van der Waals surface area contributed by atoms with Gasteiger partial charge >= 0.3 is 5.97 Å². The second-order valence-corrected chi connectivity index (χ2v) is 4.60. The zero-order valence-corrected chi connectivity index (χ0v) is 10.1. The summed E-state index contributed by atoms with van der Waals surface area (Å²) >= 11 is 0. The van der Waals surface area contributed by atoms with Crippen LogP contribution in [0.1, 0.15) is 30.3 Å². The van der Waals surface area contributed by atoms with E-state index in [1.165, 1.54) is 18.9 Å². The van der Waals surface area contributed by atoms with Crippen molar-refractivity contribution in [2.24, 2.45) is 5.92 Å². The van der Waals surface area contributed by atoms with Crippen molar-refractivity contribution in [3.63, 3.8) is 0 Å². The number of anilines is 2. The summed E-state index contributed by atoms with van der Waals surface area (Å²) < 4.78 is 0. The number of carboxylic acids is 1. The van der Waals surface area contributed by atoms with Crippen molar-refractivity contribution in [1.82, 2.24) is 4.98 Å². The third kappa shape index (κ3) is 2.33. The Morgan fingerprint density at radius 3 is 2.76 bits per heavy atom. The first-order valence-corrected chi connectivity index (χ1v) is 5.73. The van der Waals surface area contributed by atoms with Crippen LogP contribution in [0.25, 0.3) is 0 Å². The van der Waals surface area contributed by atoms with E-state index in [-0.39, 0.29) is 5.69 Å². The van der Waals surface area contributed by atoms with Crippen LogP contribution in [-0.2, 0) is 0 Å². The SMILES string of the molecule is CC(C1CC1)N(C)c1nc(C(=O)O)ccc1N. The van der Waals surface area contributed by atoms with Crippen molar-refractivity contribution >= 4 is 17.5 Å². The Morgan fingerprint density at radius 1 is 1.59 bits per heavy atom. The number of rotatable bonds is 4. The minimum absolute atomic E-state index is 0.0315. The Morgan fingerprint density at radius 2 is 2.24 bits per heavy atom. The van der Waals surface area contributed by atoms with Crippen LogP contribution >= 0.6 is 0 Å². The fraction of sp³-hybridized carbons (Fsp3) is 0.500. The topological polar surface area (TPSA) is 79.5 Å². The van der Waals surface area contributed by atoms with E-state index in [2.05, 4.69) is 11.9 Å². The molecule has 0 radical (unpaired) electrons. The van der Waals surface area contributed by atoms with Gasteiger partial charge in [-0.3, -0.25) is 0 Å². The van der Waals surface area contributed by atoms with E-state index in [1.807, 2.05) is 11.9 Å². The summed E-state index contributed by atoms with van der Waals surface area (Å²) in [6.07, 6.45) is 2.45. The zero-order valence-electron chi connectivity index (χ0n) is 10.1. The molecule has 1 heterocycles. The molecule has 0 spiro atoms. The molecule has 1 aliphatic carbocycles. The Hall–Kier alpha value is -1.78. The molecular formula is C12H17N3O2. The lowest BCUT2D eigenvalue weighted by molar-refractivity contribution is 0.0690. The highest BCUT2D eigenvalue weighted by Gasteiger charge is 2.31. The van der Waals surface area contributed by atoms with Gasteiger partial charge in [-0.25, -0.2) is 9.78 Å². The molecule has 1 unspecified atom stereocenters. The van der Waals surface area contributed by atoms with Crippen molar-refractivity contribution in [3.8, 4) is 0 Å². The summed E-state index contributed by atoms with van der Waals surface area (Å²) in [5, 5.41) is 8.92. The fourth-order valence-electron chi connectivity index (χ4n) is 1.95. The Bertz CT molecular complexity index is 443. The molecule has 0 amide bonds. The maximum Gasteiger partial charge on any atom is 0.354 e. The quantitative estimate of drug-likeness (QED) is 0.828. The van der Waals surface area contributed by atoms with E-state index < -0.39 is 5.97 Å². The second-order valence-electron chi connectivity index (χ2n) is 4.60. The highest BCUT2D eigenvalue weighted by Crippen LogP contribution is 2.36. The molecule has 92 valence electrons. The summed E-state index contributed by atoms with van der Waals surface area (Å²) in [4.78, 5) is 17.0. The number of hydrogen-bond donors (Lipinski definition) is 2. The number of carboxylic acid groups (broad SMARTS) is 1. The highest BCUT2D eigenvalue weighted by molar-refractivity contribution is 5.87. The van der Waals surface area contributed by atoms with Crippen molar-refractivity contribution in [3.05, 3.63) is 17.8 Å². The van der Waals surface area contributed by atoms with Gasteiger partial charge in [0.2, 0.25) is 0 Å². The molecule has 3 N–H and O–H groups in total. The molecule has 1 atom stereocenters. The summed E-state index contributed by atoms with van der Waals surface area (Å²) in [5.74, 6) is 0.206. The molecule has 5 heteroatoms. The van der Waals surface area contributed by atoms with E-state index in [0.29, 0.717) is 23.5 Å². The van der Waals surface area contributed by atoms with Gasteiger partial charge in [0.1, 0.15) is 0 Å². The third-order valence-corrected chi connectivity index (χ3v) is 3.37. The monoisotopic (exact) mass is 235 g/mol. The molecule has 1 fully saturated rings. The van der Waals surface area contributed by atoms with Crippen LogP contribution in [0, 0.1) is 5.92 Å². The van der Waals surface area contributed by atoms with E-state index in [9.17, 15) is 4.79 Å². The van der Waals surface area contributed by atoms with Crippen molar-refractivity contribution < 1.29 is 9.90 Å².